The van der Waals surface area contributed by atoms with Gasteiger partial charge in [-0.2, -0.15) is 0 Å². The van der Waals surface area contributed by atoms with Crippen LogP contribution in [0.5, 0.6) is 0 Å². The van der Waals surface area contributed by atoms with Gasteiger partial charge >= 0.3 is 6.03 Å². The van der Waals surface area contributed by atoms with Crippen LogP contribution in [0.3, 0.4) is 0 Å². The lowest BCUT2D eigenvalue weighted by atomic mass is 9.90. The van der Waals surface area contributed by atoms with E-state index in [1.54, 1.807) is 18.5 Å². The number of anilines is 1. The van der Waals surface area contributed by atoms with E-state index in [0.29, 0.717) is 44.8 Å². The van der Waals surface area contributed by atoms with Crippen LogP contribution in [0.4, 0.5) is 10.5 Å². The Labute approximate surface area is 163 Å². The molecule has 0 radical (unpaired) electrons. The predicted molar refractivity (Wildman–Crippen MR) is 105 cm³/mol. The van der Waals surface area contributed by atoms with Gasteiger partial charge in [-0.05, 0) is 48.2 Å². The van der Waals surface area contributed by atoms with Gasteiger partial charge in [-0.3, -0.25) is 9.78 Å². The van der Waals surface area contributed by atoms with Gasteiger partial charge in [-0.25, -0.2) is 4.79 Å². The molecule has 0 unspecified atom stereocenters. The van der Waals surface area contributed by atoms with Crippen LogP contribution in [0.1, 0.15) is 24.0 Å². The molecule has 0 saturated carbocycles. The molecule has 8 heteroatoms. The first-order chi connectivity index (χ1) is 13.5. The number of carbonyl (C=O) groups excluding carboxylic acids is 2. The number of carbonyl (C=O) groups is 2. The molecule has 5 N–H and O–H groups in total. The first-order valence-corrected chi connectivity index (χ1v) is 9.23. The zero-order valence-electron chi connectivity index (χ0n) is 15.6. The minimum absolute atomic E-state index is 0.177. The summed E-state index contributed by atoms with van der Waals surface area (Å²) in [6, 6.07) is 10.7. The average Bonchev–Trinajstić information content (AvgIpc) is 2.72. The van der Waals surface area contributed by atoms with Crippen LogP contribution in [-0.2, 0) is 22.6 Å². The number of nitrogens with one attached hydrogen (secondary N) is 3. The van der Waals surface area contributed by atoms with E-state index < -0.39 is 5.54 Å². The first-order valence-electron chi connectivity index (χ1n) is 9.23. The van der Waals surface area contributed by atoms with Gasteiger partial charge in [0.2, 0.25) is 5.91 Å². The van der Waals surface area contributed by atoms with Crippen molar-refractivity contribution in [2.75, 3.05) is 18.5 Å². The zero-order chi connectivity index (χ0) is 19.8. The highest BCUT2D eigenvalue weighted by Gasteiger charge is 2.35. The summed E-state index contributed by atoms with van der Waals surface area (Å²) in [4.78, 5) is 28.4. The standard InChI is InChI=1S/C20H25N5O3/c21-20(6-10-28-11-7-20)18(26)23-14-16-2-1-3-17(12-16)25-19(27)24-13-15-4-8-22-9-5-15/h1-5,8-9,12H,6-7,10-11,13-14,21H2,(H,23,26)(H2,24,25,27). The van der Waals surface area contributed by atoms with E-state index in [0.717, 1.165) is 11.1 Å². The zero-order valence-corrected chi connectivity index (χ0v) is 15.6. The number of aromatic nitrogens is 1. The fraction of sp³-hybridized carbons (Fsp3) is 0.350. The SMILES string of the molecule is NC1(C(=O)NCc2cccc(NC(=O)NCc3ccncc3)c2)CCOCC1. The minimum atomic E-state index is -0.874. The van der Waals surface area contributed by atoms with E-state index in [4.69, 9.17) is 10.5 Å². The Bertz CT molecular complexity index is 806. The van der Waals surface area contributed by atoms with Gasteiger partial charge in [-0.15, -0.1) is 0 Å². The smallest absolute Gasteiger partial charge is 0.319 e. The van der Waals surface area contributed by atoms with E-state index in [9.17, 15) is 9.59 Å². The van der Waals surface area contributed by atoms with Crippen molar-refractivity contribution in [1.29, 1.82) is 0 Å². The van der Waals surface area contributed by atoms with Crippen molar-refractivity contribution < 1.29 is 14.3 Å². The van der Waals surface area contributed by atoms with E-state index >= 15 is 0 Å². The van der Waals surface area contributed by atoms with E-state index in [1.165, 1.54) is 0 Å². The van der Waals surface area contributed by atoms with E-state index in [1.807, 2.05) is 30.3 Å². The number of nitrogens with zero attached hydrogens (tertiary/aromatic N) is 1. The third-order valence-electron chi connectivity index (χ3n) is 4.68. The lowest BCUT2D eigenvalue weighted by molar-refractivity contribution is -0.129. The molecule has 1 aromatic carbocycles. The lowest BCUT2D eigenvalue weighted by Gasteiger charge is -2.31. The number of hydrogen-bond acceptors (Lipinski definition) is 5. The molecule has 8 nitrogen and oxygen atoms in total. The van der Waals surface area contributed by atoms with Crippen LogP contribution in [0.2, 0.25) is 0 Å². The Morgan fingerprint density at radius 1 is 1.04 bits per heavy atom. The molecule has 0 bridgehead atoms. The maximum Gasteiger partial charge on any atom is 0.319 e. The topological polar surface area (TPSA) is 118 Å². The molecule has 0 aliphatic carbocycles. The summed E-state index contributed by atoms with van der Waals surface area (Å²) >= 11 is 0. The van der Waals surface area contributed by atoms with Gasteiger partial charge in [0.15, 0.2) is 0 Å². The van der Waals surface area contributed by atoms with Gasteiger partial charge in [0.05, 0.1) is 5.54 Å². The van der Waals surface area contributed by atoms with Crippen molar-refractivity contribution in [1.82, 2.24) is 15.6 Å². The Kier molecular flexibility index (Phi) is 6.57. The molecule has 2 aromatic rings. The largest absolute Gasteiger partial charge is 0.381 e. The second-order valence-electron chi connectivity index (χ2n) is 6.81. The highest BCUT2D eigenvalue weighted by Crippen LogP contribution is 2.18. The molecule has 148 valence electrons. The van der Waals surface area contributed by atoms with Crippen molar-refractivity contribution in [3.8, 4) is 0 Å². The Morgan fingerprint density at radius 3 is 2.50 bits per heavy atom. The molecular weight excluding hydrogens is 358 g/mol. The van der Waals surface area contributed by atoms with Crippen molar-refractivity contribution in [2.45, 2.75) is 31.5 Å². The summed E-state index contributed by atoms with van der Waals surface area (Å²) in [5.74, 6) is -0.177. The molecule has 2 heterocycles. The highest BCUT2D eigenvalue weighted by atomic mass is 16.5. The molecular formula is C20H25N5O3. The lowest BCUT2D eigenvalue weighted by Crippen LogP contribution is -2.56. The summed E-state index contributed by atoms with van der Waals surface area (Å²) in [5, 5.41) is 8.46. The number of amides is 3. The van der Waals surface area contributed by atoms with E-state index in [2.05, 4.69) is 20.9 Å². The molecule has 1 fully saturated rings. The number of hydrogen-bond donors (Lipinski definition) is 4. The Balaban J connectivity index is 1.49. The molecule has 1 saturated heterocycles. The van der Waals surface area contributed by atoms with Crippen molar-refractivity contribution in [3.05, 3.63) is 59.9 Å². The molecule has 3 amide bonds. The highest BCUT2D eigenvalue weighted by molar-refractivity contribution is 5.89. The predicted octanol–water partition coefficient (Wildman–Crippen LogP) is 1.53. The summed E-state index contributed by atoms with van der Waals surface area (Å²) in [5.41, 5.74) is 7.79. The summed E-state index contributed by atoms with van der Waals surface area (Å²) in [6.45, 7) is 1.75. The molecule has 1 aliphatic heterocycles. The first kappa shape index (κ1) is 19.8. The molecule has 1 aromatic heterocycles. The summed E-state index contributed by atoms with van der Waals surface area (Å²) < 4.78 is 5.27. The third kappa shape index (κ3) is 5.51. The monoisotopic (exact) mass is 383 g/mol. The Morgan fingerprint density at radius 2 is 1.75 bits per heavy atom. The number of nitrogens with two attached hydrogens (primary N) is 1. The number of pyridine rings is 1. The average molecular weight is 383 g/mol. The van der Waals surface area contributed by atoms with Crippen LogP contribution in [0.25, 0.3) is 0 Å². The quantitative estimate of drug-likeness (QED) is 0.603. The molecule has 0 atom stereocenters. The molecule has 1 aliphatic rings. The Hall–Kier alpha value is -2.97. The third-order valence-corrected chi connectivity index (χ3v) is 4.68. The van der Waals surface area contributed by atoms with Crippen molar-refractivity contribution in [2.24, 2.45) is 5.73 Å². The molecule has 28 heavy (non-hydrogen) atoms. The van der Waals surface area contributed by atoms with Crippen LogP contribution >= 0.6 is 0 Å². The van der Waals surface area contributed by atoms with Gasteiger partial charge < -0.3 is 26.4 Å². The van der Waals surface area contributed by atoms with Crippen LogP contribution in [0, 0.1) is 0 Å². The molecule has 3 rings (SSSR count). The summed E-state index contributed by atoms with van der Waals surface area (Å²) in [6.07, 6.45) is 4.38. The fourth-order valence-electron chi connectivity index (χ4n) is 2.94. The van der Waals surface area contributed by atoms with Gasteiger partial charge in [0, 0.05) is 44.4 Å². The number of rotatable bonds is 6. The van der Waals surface area contributed by atoms with Gasteiger partial charge in [-0.1, -0.05) is 12.1 Å². The normalized spacial score (nSPS) is 15.5. The summed E-state index contributed by atoms with van der Waals surface area (Å²) in [7, 11) is 0. The van der Waals surface area contributed by atoms with Crippen LogP contribution in [-0.4, -0.2) is 35.7 Å². The van der Waals surface area contributed by atoms with Gasteiger partial charge in [0.25, 0.3) is 0 Å². The van der Waals surface area contributed by atoms with Gasteiger partial charge in [0.1, 0.15) is 0 Å². The fourth-order valence-corrected chi connectivity index (χ4v) is 2.94. The second-order valence-corrected chi connectivity index (χ2v) is 6.81. The maximum atomic E-state index is 12.4. The van der Waals surface area contributed by atoms with Crippen molar-refractivity contribution in [3.63, 3.8) is 0 Å². The number of urea groups is 1. The van der Waals surface area contributed by atoms with Crippen LogP contribution < -0.4 is 21.7 Å². The maximum absolute atomic E-state index is 12.4. The van der Waals surface area contributed by atoms with Crippen molar-refractivity contribution >= 4 is 17.6 Å². The minimum Gasteiger partial charge on any atom is -0.381 e. The number of benzene rings is 1. The van der Waals surface area contributed by atoms with Crippen LogP contribution in [0.15, 0.2) is 48.8 Å². The second kappa shape index (κ2) is 9.29. The number of ether oxygens (including phenoxy) is 1. The van der Waals surface area contributed by atoms with E-state index in [-0.39, 0.29) is 11.9 Å². The molecule has 0 spiro atoms.